The molecular weight excluding hydrogens is 498 g/mol. The summed E-state index contributed by atoms with van der Waals surface area (Å²) in [6.07, 6.45) is 1.60. The van der Waals surface area contributed by atoms with Crippen molar-refractivity contribution in [1.82, 2.24) is 20.1 Å². The normalized spacial score (nSPS) is 25.2. The Kier molecular flexibility index (Phi) is 5.28. The van der Waals surface area contributed by atoms with E-state index in [2.05, 4.69) is 24.0 Å². The highest BCUT2D eigenvalue weighted by molar-refractivity contribution is 7.91. The zero-order chi connectivity index (χ0) is 26.2. The molecule has 1 aromatic carbocycles. The van der Waals surface area contributed by atoms with Gasteiger partial charge in [-0.15, -0.1) is 5.10 Å². The first-order valence-corrected chi connectivity index (χ1v) is 14.2. The largest absolute Gasteiger partial charge is 0.335 e. The Hall–Kier alpha value is -3.27. The molecule has 2 aliphatic carbocycles. The van der Waals surface area contributed by atoms with E-state index in [1.165, 1.54) is 23.1 Å². The lowest BCUT2D eigenvalue weighted by molar-refractivity contribution is 0.0763. The van der Waals surface area contributed by atoms with Gasteiger partial charge in [0.15, 0.2) is 9.84 Å². The van der Waals surface area contributed by atoms with E-state index in [4.69, 9.17) is 4.98 Å². The Labute approximate surface area is 213 Å². The molecule has 10 heteroatoms. The second-order valence-electron chi connectivity index (χ2n) is 10.7. The molecule has 0 N–H and O–H groups in total. The van der Waals surface area contributed by atoms with E-state index < -0.39 is 26.9 Å². The average molecular weight is 525 g/mol. The summed E-state index contributed by atoms with van der Waals surface area (Å²) in [7, 11) is -3.12. The number of amides is 1. The van der Waals surface area contributed by atoms with Crippen LogP contribution >= 0.6 is 0 Å². The van der Waals surface area contributed by atoms with Crippen LogP contribution in [0.2, 0.25) is 0 Å². The summed E-state index contributed by atoms with van der Waals surface area (Å²) in [6.45, 7) is 4.58. The van der Waals surface area contributed by atoms with Crippen LogP contribution in [-0.2, 0) is 15.3 Å². The van der Waals surface area contributed by atoms with Crippen molar-refractivity contribution >= 4 is 15.7 Å². The minimum absolute atomic E-state index is 0.0506. The van der Waals surface area contributed by atoms with Crippen LogP contribution in [0.1, 0.15) is 60.0 Å². The Morgan fingerprint density at radius 3 is 2.41 bits per heavy atom. The fourth-order valence-electron chi connectivity index (χ4n) is 6.63. The van der Waals surface area contributed by atoms with Crippen LogP contribution in [0.4, 0.5) is 8.78 Å². The zero-order valence-corrected chi connectivity index (χ0v) is 21.4. The molecule has 3 aliphatic rings. The fourth-order valence-corrected chi connectivity index (χ4v) is 7.83. The van der Waals surface area contributed by atoms with Gasteiger partial charge in [0.25, 0.3) is 5.91 Å². The topological polar surface area (TPSA) is 93.1 Å². The van der Waals surface area contributed by atoms with Crippen LogP contribution in [0.5, 0.6) is 0 Å². The van der Waals surface area contributed by atoms with Gasteiger partial charge < -0.3 is 4.90 Å². The van der Waals surface area contributed by atoms with Gasteiger partial charge in [-0.2, -0.15) is 5.10 Å². The van der Waals surface area contributed by atoms with E-state index in [9.17, 15) is 22.0 Å². The molecular formula is C27H26F2N4O3S. The summed E-state index contributed by atoms with van der Waals surface area (Å²) in [5.74, 6) is -1.69. The van der Waals surface area contributed by atoms with Crippen molar-refractivity contribution in [2.24, 2.45) is 5.41 Å². The number of halogens is 2. The lowest BCUT2D eigenvalue weighted by Crippen LogP contribution is -2.44. The number of carbonyl (C=O) groups is 1. The summed E-state index contributed by atoms with van der Waals surface area (Å²) in [6, 6.07) is 10.8. The molecule has 2 atom stereocenters. The Morgan fingerprint density at radius 1 is 1.03 bits per heavy atom. The smallest absolute Gasteiger partial charge is 0.272 e. The summed E-state index contributed by atoms with van der Waals surface area (Å²) in [5, 5.41) is 8.79. The maximum atomic E-state index is 14.5. The van der Waals surface area contributed by atoms with Gasteiger partial charge in [-0.05, 0) is 60.1 Å². The fraction of sp³-hybridized carbons (Fsp3) is 0.407. The number of carbonyl (C=O) groups excluding carboxylic acids is 1. The van der Waals surface area contributed by atoms with E-state index >= 15 is 0 Å². The van der Waals surface area contributed by atoms with Crippen molar-refractivity contribution in [3.8, 4) is 11.3 Å². The summed E-state index contributed by atoms with van der Waals surface area (Å²) >= 11 is 0. The molecule has 2 bridgehead atoms. The minimum Gasteiger partial charge on any atom is -0.335 e. The van der Waals surface area contributed by atoms with E-state index in [1.54, 1.807) is 18.2 Å². The second-order valence-corrected chi connectivity index (χ2v) is 13.0. The zero-order valence-electron chi connectivity index (χ0n) is 20.5. The maximum Gasteiger partial charge on any atom is 0.272 e. The first kappa shape index (κ1) is 24.1. The van der Waals surface area contributed by atoms with E-state index in [0.717, 1.165) is 24.1 Å². The molecule has 37 heavy (non-hydrogen) atoms. The van der Waals surface area contributed by atoms with Gasteiger partial charge in [0.05, 0.1) is 39.6 Å². The van der Waals surface area contributed by atoms with Gasteiger partial charge >= 0.3 is 0 Å². The minimum atomic E-state index is -3.12. The summed E-state index contributed by atoms with van der Waals surface area (Å²) in [5.41, 5.74) is 1.62. The molecule has 192 valence electrons. The Morgan fingerprint density at radius 2 is 1.70 bits per heavy atom. The van der Waals surface area contributed by atoms with Crippen molar-refractivity contribution in [3.63, 3.8) is 0 Å². The molecule has 6 rings (SSSR count). The van der Waals surface area contributed by atoms with Gasteiger partial charge in [0.2, 0.25) is 0 Å². The maximum absolute atomic E-state index is 14.5. The van der Waals surface area contributed by atoms with E-state index in [0.29, 0.717) is 5.69 Å². The molecule has 1 amide bonds. The molecule has 2 aromatic heterocycles. The first-order valence-electron chi connectivity index (χ1n) is 12.3. The van der Waals surface area contributed by atoms with Crippen molar-refractivity contribution in [2.45, 2.75) is 38.0 Å². The molecule has 7 nitrogen and oxygen atoms in total. The van der Waals surface area contributed by atoms with Gasteiger partial charge in [-0.1, -0.05) is 26.0 Å². The predicted octanol–water partition coefficient (Wildman–Crippen LogP) is 3.89. The Bertz CT molecular complexity index is 1520. The van der Waals surface area contributed by atoms with Crippen LogP contribution in [0.3, 0.4) is 0 Å². The van der Waals surface area contributed by atoms with Crippen molar-refractivity contribution in [1.29, 1.82) is 0 Å². The molecule has 1 saturated carbocycles. The molecule has 1 saturated heterocycles. The van der Waals surface area contributed by atoms with E-state index in [1.807, 2.05) is 6.07 Å². The quantitative estimate of drug-likeness (QED) is 0.516. The first-order chi connectivity index (χ1) is 17.5. The number of nitrogens with zero attached hydrogens (tertiary/aromatic N) is 4. The number of sulfone groups is 1. The molecule has 2 fully saturated rings. The number of fused-ring (bicyclic) bond motifs is 5. The standard InChI is InChI=1S/C27H26F2N4O3S/c1-26(2)17-9-10-27(26,24-16(17)15-21(31-32-24)23-18(28)5-3-6-19(23)29)22-8-4-7-20(30-22)25(34)33-11-13-37(35,36)14-12-33/h3-8,15,17H,9-14H2,1-2H3/t17-,27+/m0/s1. The van der Waals surface area contributed by atoms with Gasteiger partial charge in [-0.3, -0.25) is 4.79 Å². The number of rotatable bonds is 3. The van der Waals surface area contributed by atoms with Crippen LogP contribution in [0.15, 0.2) is 42.5 Å². The monoisotopic (exact) mass is 524 g/mol. The highest BCUT2D eigenvalue weighted by Gasteiger charge is 2.65. The second kappa shape index (κ2) is 8.11. The summed E-state index contributed by atoms with van der Waals surface area (Å²) in [4.78, 5) is 19.6. The third-order valence-corrected chi connectivity index (χ3v) is 10.2. The Balaban J connectivity index is 1.42. The third-order valence-electron chi connectivity index (χ3n) is 8.64. The molecule has 0 radical (unpaired) electrons. The molecule has 1 aliphatic heterocycles. The molecule has 0 unspecified atom stereocenters. The summed E-state index contributed by atoms with van der Waals surface area (Å²) < 4.78 is 52.6. The number of pyridine rings is 1. The van der Waals surface area contributed by atoms with Gasteiger partial charge in [0, 0.05) is 13.1 Å². The molecule has 3 aromatic rings. The number of aromatic nitrogens is 3. The highest BCUT2D eigenvalue weighted by Crippen LogP contribution is 2.69. The number of hydrogen-bond donors (Lipinski definition) is 0. The molecule has 3 heterocycles. The van der Waals surface area contributed by atoms with Gasteiger partial charge in [-0.25, -0.2) is 22.2 Å². The average Bonchev–Trinajstić information content (AvgIpc) is 3.24. The van der Waals surface area contributed by atoms with Crippen molar-refractivity contribution in [3.05, 3.63) is 76.7 Å². The predicted molar refractivity (Wildman–Crippen MR) is 133 cm³/mol. The lowest BCUT2D eigenvalue weighted by Gasteiger charge is -2.37. The van der Waals surface area contributed by atoms with Crippen LogP contribution in [0.25, 0.3) is 11.3 Å². The van der Waals surface area contributed by atoms with Crippen molar-refractivity contribution < 1.29 is 22.0 Å². The SMILES string of the molecule is CC1(C)[C@H]2CC[C@@]1(c1cccc(C(=O)N3CCS(=O)(=O)CC3)n1)c1nnc(-c3c(F)cccc3F)cc12. The van der Waals surface area contributed by atoms with Crippen LogP contribution in [-0.4, -0.2) is 59.0 Å². The van der Waals surface area contributed by atoms with E-state index in [-0.39, 0.29) is 58.8 Å². The van der Waals surface area contributed by atoms with Crippen LogP contribution < -0.4 is 0 Å². The highest BCUT2D eigenvalue weighted by atomic mass is 32.2. The number of hydrogen-bond acceptors (Lipinski definition) is 6. The lowest BCUT2D eigenvalue weighted by atomic mass is 9.66. The third kappa shape index (κ3) is 3.44. The van der Waals surface area contributed by atoms with Crippen molar-refractivity contribution in [2.75, 3.05) is 24.6 Å². The number of benzene rings is 1. The van der Waals surface area contributed by atoms with Crippen LogP contribution in [0, 0.1) is 17.0 Å². The molecule has 0 spiro atoms. The van der Waals surface area contributed by atoms with Gasteiger partial charge in [0.1, 0.15) is 17.3 Å².